The highest BCUT2D eigenvalue weighted by Gasteiger charge is 2.48. The number of aromatic carboxylic acids is 1. The summed E-state index contributed by atoms with van der Waals surface area (Å²) in [5.41, 5.74) is 9.54. The third kappa shape index (κ3) is 5.45. The van der Waals surface area contributed by atoms with Gasteiger partial charge in [0.25, 0.3) is 5.91 Å². The van der Waals surface area contributed by atoms with Gasteiger partial charge in [0.05, 0.1) is 5.56 Å². The highest BCUT2D eigenvalue weighted by Crippen LogP contribution is 2.46. The number of carbonyl (C=O) groups is 3. The van der Waals surface area contributed by atoms with Gasteiger partial charge in [-0.15, -0.1) is 0 Å². The van der Waals surface area contributed by atoms with E-state index < -0.39 is 17.6 Å². The van der Waals surface area contributed by atoms with E-state index in [0.29, 0.717) is 36.1 Å². The molecule has 1 aliphatic carbocycles. The lowest BCUT2D eigenvalue weighted by Crippen LogP contribution is -2.58. The number of nitrogens with one attached hydrogen (secondary N) is 1. The van der Waals surface area contributed by atoms with E-state index in [1.807, 2.05) is 50.2 Å². The van der Waals surface area contributed by atoms with Crippen LogP contribution in [0.15, 0.2) is 60.7 Å². The van der Waals surface area contributed by atoms with Gasteiger partial charge in [0.2, 0.25) is 12.7 Å². The Morgan fingerprint density at radius 2 is 1.70 bits per heavy atom. The topological polar surface area (TPSA) is 131 Å². The van der Waals surface area contributed by atoms with Crippen molar-refractivity contribution in [3.8, 4) is 22.6 Å². The molecule has 1 fully saturated rings. The van der Waals surface area contributed by atoms with E-state index in [1.54, 1.807) is 17.0 Å². The Kier molecular flexibility index (Phi) is 7.60. The number of carboxylic acid groups (broad SMARTS) is 1. The predicted molar refractivity (Wildman–Crippen MR) is 162 cm³/mol. The van der Waals surface area contributed by atoms with Crippen LogP contribution >= 0.6 is 0 Å². The van der Waals surface area contributed by atoms with Crippen molar-refractivity contribution in [1.82, 2.24) is 4.90 Å². The molecule has 9 heteroatoms. The summed E-state index contributed by atoms with van der Waals surface area (Å²) in [6.07, 6.45) is 3.87. The number of fused-ring (bicyclic) bond motifs is 2. The van der Waals surface area contributed by atoms with Crippen molar-refractivity contribution in [2.45, 2.75) is 57.5 Å². The Morgan fingerprint density at radius 1 is 0.977 bits per heavy atom. The van der Waals surface area contributed by atoms with Crippen molar-refractivity contribution in [3.05, 3.63) is 77.4 Å². The van der Waals surface area contributed by atoms with Gasteiger partial charge in [-0.25, -0.2) is 4.79 Å². The Labute approximate surface area is 251 Å². The highest BCUT2D eigenvalue weighted by molar-refractivity contribution is 6.00. The number of nitrogens with two attached hydrogens (primary N) is 1. The zero-order valence-electron chi connectivity index (χ0n) is 24.5. The molecule has 0 saturated heterocycles. The summed E-state index contributed by atoms with van der Waals surface area (Å²) in [5, 5.41) is 12.3. The number of rotatable bonds is 6. The first kappa shape index (κ1) is 28.7. The fraction of sp³-hybridized carbons (Fsp3) is 0.382. The zero-order valence-corrected chi connectivity index (χ0v) is 24.5. The summed E-state index contributed by atoms with van der Waals surface area (Å²) in [5.74, 6) is 0.223. The lowest BCUT2D eigenvalue weighted by atomic mass is 9.75. The van der Waals surface area contributed by atoms with Crippen LogP contribution in [0.2, 0.25) is 0 Å². The van der Waals surface area contributed by atoms with Crippen LogP contribution in [0.25, 0.3) is 11.1 Å². The molecule has 1 saturated carbocycles. The lowest BCUT2D eigenvalue weighted by molar-refractivity contribution is -0.151. The third-order valence-electron chi connectivity index (χ3n) is 9.12. The number of ether oxygens (including phenoxy) is 2. The third-order valence-corrected chi connectivity index (χ3v) is 9.12. The number of anilines is 1. The molecule has 3 aromatic carbocycles. The number of carboxylic acids is 1. The summed E-state index contributed by atoms with van der Waals surface area (Å²) in [7, 11) is 0. The molecule has 43 heavy (non-hydrogen) atoms. The van der Waals surface area contributed by atoms with Gasteiger partial charge in [-0.3, -0.25) is 9.59 Å². The van der Waals surface area contributed by atoms with E-state index in [4.69, 9.17) is 15.2 Å². The minimum absolute atomic E-state index is 0.0130. The van der Waals surface area contributed by atoms with Gasteiger partial charge in [0.1, 0.15) is 6.04 Å². The van der Waals surface area contributed by atoms with Crippen LogP contribution in [-0.2, 0) is 16.0 Å². The summed E-state index contributed by atoms with van der Waals surface area (Å²) in [6, 6.07) is 16.9. The van der Waals surface area contributed by atoms with Crippen molar-refractivity contribution >= 4 is 23.5 Å². The van der Waals surface area contributed by atoms with Gasteiger partial charge in [-0.05, 0) is 117 Å². The molecular formula is C34H37N3O6. The van der Waals surface area contributed by atoms with Crippen LogP contribution in [-0.4, -0.2) is 46.7 Å². The van der Waals surface area contributed by atoms with E-state index in [1.165, 1.54) is 12.1 Å². The molecule has 1 unspecified atom stereocenters. The number of hydrogen-bond donors (Lipinski definition) is 3. The van der Waals surface area contributed by atoms with Crippen LogP contribution in [0, 0.1) is 11.8 Å². The lowest BCUT2D eigenvalue weighted by Gasteiger charge is -2.50. The first-order valence-corrected chi connectivity index (χ1v) is 14.9. The van der Waals surface area contributed by atoms with Crippen LogP contribution in [0.3, 0.4) is 0 Å². The quantitative estimate of drug-likeness (QED) is 0.355. The van der Waals surface area contributed by atoms with E-state index in [2.05, 4.69) is 5.32 Å². The summed E-state index contributed by atoms with van der Waals surface area (Å²) in [6.45, 7) is 4.85. The summed E-state index contributed by atoms with van der Waals surface area (Å²) >= 11 is 0. The maximum atomic E-state index is 14.4. The minimum atomic E-state index is -1.04. The van der Waals surface area contributed by atoms with Crippen LogP contribution in [0.4, 0.5) is 5.69 Å². The second kappa shape index (κ2) is 11.4. The second-order valence-corrected chi connectivity index (χ2v) is 12.4. The molecule has 3 aliphatic rings. The van der Waals surface area contributed by atoms with Crippen LogP contribution in [0.5, 0.6) is 11.5 Å². The molecule has 1 atom stereocenters. The molecule has 2 aliphatic heterocycles. The molecule has 224 valence electrons. The normalized spacial score (nSPS) is 22.0. The minimum Gasteiger partial charge on any atom is -0.478 e. The van der Waals surface area contributed by atoms with Gasteiger partial charge >= 0.3 is 5.97 Å². The van der Waals surface area contributed by atoms with E-state index >= 15 is 0 Å². The molecule has 0 aromatic heterocycles. The Hall–Kier alpha value is -4.37. The van der Waals surface area contributed by atoms with Gasteiger partial charge < -0.3 is 30.5 Å². The molecular weight excluding hydrogens is 546 g/mol. The highest BCUT2D eigenvalue weighted by atomic mass is 16.7. The number of nitrogens with zero attached hydrogens (tertiary/aromatic N) is 1. The Balaban J connectivity index is 1.41. The maximum Gasteiger partial charge on any atom is 0.335 e. The average molecular weight is 584 g/mol. The van der Waals surface area contributed by atoms with Crippen LogP contribution in [0.1, 0.15) is 67.1 Å². The molecule has 2 amide bonds. The molecule has 0 radical (unpaired) electrons. The van der Waals surface area contributed by atoms with Crippen molar-refractivity contribution in [2.24, 2.45) is 17.6 Å². The summed E-state index contributed by atoms with van der Waals surface area (Å²) in [4.78, 5) is 41.8. The fourth-order valence-electron chi connectivity index (χ4n) is 6.83. The predicted octanol–water partition coefficient (Wildman–Crippen LogP) is 5.39. The first-order valence-electron chi connectivity index (χ1n) is 14.9. The number of benzene rings is 3. The maximum absolute atomic E-state index is 14.4. The molecule has 2 heterocycles. The average Bonchev–Trinajstić information content (AvgIpc) is 3.48. The molecule has 4 N–H and O–H groups in total. The smallest absolute Gasteiger partial charge is 0.335 e. The van der Waals surface area contributed by atoms with E-state index in [9.17, 15) is 19.5 Å². The van der Waals surface area contributed by atoms with Gasteiger partial charge in [0, 0.05) is 17.1 Å². The van der Waals surface area contributed by atoms with Gasteiger partial charge in [-0.2, -0.15) is 0 Å². The van der Waals surface area contributed by atoms with Gasteiger partial charge in [-0.1, -0.05) is 24.3 Å². The SMILES string of the molecule is CC1(C)Cc2c(-c3ccc4c(c3)OCO4)cccc2C(C(=O)Nc2ccc(C(=O)O)cc2)N1C(=O)C1CCC(CN)CC1. The summed E-state index contributed by atoms with van der Waals surface area (Å²) < 4.78 is 11.2. The van der Waals surface area contributed by atoms with Crippen LogP contribution < -0.4 is 20.5 Å². The molecule has 3 aromatic rings. The number of amides is 2. The van der Waals surface area contributed by atoms with E-state index in [0.717, 1.165) is 47.9 Å². The molecule has 0 spiro atoms. The Bertz CT molecular complexity index is 1560. The van der Waals surface area contributed by atoms with Gasteiger partial charge in [0.15, 0.2) is 11.5 Å². The fourth-order valence-corrected chi connectivity index (χ4v) is 6.83. The van der Waals surface area contributed by atoms with Crippen molar-refractivity contribution < 1.29 is 29.0 Å². The standard InChI is InChI=1S/C34H37N3O6/c1-34(2)17-27-25(23-12-15-28-29(16-23)43-19-42-28)4-3-5-26(27)30(31(38)36-24-13-10-22(11-14-24)33(40)41)37(34)32(39)21-8-6-20(18-35)7-9-21/h3-5,10-16,20-21,30H,6-9,17-19,35H2,1-2H3,(H,36,38)(H,40,41). The largest absolute Gasteiger partial charge is 0.478 e. The van der Waals surface area contributed by atoms with Crippen molar-refractivity contribution in [3.63, 3.8) is 0 Å². The first-order chi connectivity index (χ1) is 20.7. The van der Waals surface area contributed by atoms with E-state index in [-0.39, 0.29) is 30.1 Å². The molecule has 0 bridgehead atoms. The number of carbonyl (C=O) groups excluding carboxylic acids is 2. The Morgan fingerprint density at radius 3 is 2.40 bits per heavy atom. The monoisotopic (exact) mass is 583 g/mol. The molecule has 9 nitrogen and oxygen atoms in total. The second-order valence-electron chi connectivity index (χ2n) is 12.4. The van der Waals surface area contributed by atoms with Crippen molar-refractivity contribution in [2.75, 3.05) is 18.7 Å². The van der Waals surface area contributed by atoms with Crippen molar-refractivity contribution in [1.29, 1.82) is 0 Å². The number of hydrogen-bond acceptors (Lipinski definition) is 6. The zero-order chi connectivity index (χ0) is 30.3. The molecule has 6 rings (SSSR count).